The first-order chi connectivity index (χ1) is 13.4. The van der Waals surface area contributed by atoms with Crippen LogP contribution in [0.5, 0.6) is 0 Å². The molecule has 0 radical (unpaired) electrons. The van der Waals surface area contributed by atoms with E-state index in [2.05, 4.69) is 15.6 Å². The zero-order valence-corrected chi connectivity index (χ0v) is 16.3. The Bertz CT molecular complexity index is 576. The zero-order chi connectivity index (χ0) is 20.5. The summed E-state index contributed by atoms with van der Waals surface area (Å²) in [5, 5.41) is 15.2. The number of hydrogen-bond donors (Lipinski definition) is 5. The maximum atomic E-state index is 12.6. The van der Waals surface area contributed by atoms with E-state index in [0.717, 1.165) is 44.9 Å². The number of rotatable bonds is 9. The number of carbonyl (C=O) groups excluding carboxylic acids is 1. The third-order valence-electron chi connectivity index (χ3n) is 5.86. The predicted octanol–water partition coefficient (Wildman–Crippen LogP) is -0.0663. The van der Waals surface area contributed by atoms with Gasteiger partial charge in [-0.3, -0.25) is 4.99 Å². The SMILES string of the molecule is NC(N)=NC1CCCC(C(=O)NC2CCC(CC(NCB=O)C(=O)O)CC2)C1. The molecule has 0 saturated heterocycles. The average molecular weight is 393 g/mol. The van der Waals surface area contributed by atoms with Crippen LogP contribution in [-0.2, 0) is 14.3 Å². The van der Waals surface area contributed by atoms with Crippen LogP contribution in [-0.4, -0.2) is 54.7 Å². The summed E-state index contributed by atoms with van der Waals surface area (Å²) < 4.78 is 10.5. The molecule has 1 amide bonds. The van der Waals surface area contributed by atoms with Crippen LogP contribution in [0.3, 0.4) is 0 Å². The summed E-state index contributed by atoms with van der Waals surface area (Å²) in [5.74, 6) is -0.538. The number of hydrogen-bond acceptors (Lipinski definition) is 5. The first kappa shape index (κ1) is 22.3. The molecule has 2 rings (SSSR count). The number of carboxylic acids is 1. The van der Waals surface area contributed by atoms with Gasteiger partial charge in [-0.15, -0.1) is 0 Å². The minimum absolute atomic E-state index is 0.0251. The molecule has 7 N–H and O–H groups in total. The molecule has 156 valence electrons. The van der Waals surface area contributed by atoms with Crippen LogP contribution in [0.1, 0.15) is 57.8 Å². The summed E-state index contributed by atoms with van der Waals surface area (Å²) in [4.78, 5) is 28.1. The summed E-state index contributed by atoms with van der Waals surface area (Å²) in [7, 11) is 0.672. The van der Waals surface area contributed by atoms with Crippen LogP contribution < -0.4 is 22.1 Å². The Morgan fingerprint density at radius 1 is 1.14 bits per heavy atom. The molecular formula is C18H32BN5O4. The third kappa shape index (κ3) is 7.22. The Labute approximate surface area is 166 Å². The molecule has 0 aliphatic heterocycles. The zero-order valence-electron chi connectivity index (χ0n) is 16.3. The quantitative estimate of drug-likeness (QED) is 0.208. The van der Waals surface area contributed by atoms with Gasteiger partial charge in [-0.2, -0.15) is 0 Å². The molecule has 3 atom stereocenters. The topological polar surface area (TPSA) is 160 Å². The van der Waals surface area contributed by atoms with Gasteiger partial charge in [0.15, 0.2) is 5.96 Å². The molecule has 2 saturated carbocycles. The fraction of sp³-hybridized carbons (Fsp3) is 0.833. The second-order valence-corrected chi connectivity index (χ2v) is 8.00. The predicted molar refractivity (Wildman–Crippen MR) is 106 cm³/mol. The van der Waals surface area contributed by atoms with Crippen LogP contribution in [0.4, 0.5) is 0 Å². The Kier molecular flexibility index (Phi) is 8.88. The van der Waals surface area contributed by atoms with Crippen molar-refractivity contribution in [3.63, 3.8) is 0 Å². The van der Waals surface area contributed by atoms with Crippen molar-refractivity contribution in [2.45, 2.75) is 75.9 Å². The van der Waals surface area contributed by atoms with Crippen molar-refractivity contribution in [3.8, 4) is 0 Å². The van der Waals surface area contributed by atoms with Crippen LogP contribution >= 0.6 is 0 Å². The van der Waals surface area contributed by atoms with Crippen molar-refractivity contribution < 1.29 is 19.4 Å². The number of aliphatic carboxylic acids is 1. The monoisotopic (exact) mass is 393 g/mol. The van der Waals surface area contributed by atoms with Gasteiger partial charge in [0, 0.05) is 0 Å². The van der Waals surface area contributed by atoms with Gasteiger partial charge in [-0.05, 0) is 6.42 Å². The molecule has 0 bridgehead atoms. The van der Waals surface area contributed by atoms with Gasteiger partial charge in [-0.25, -0.2) is 0 Å². The number of guanidine groups is 1. The van der Waals surface area contributed by atoms with Crippen molar-refractivity contribution in [3.05, 3.63) is 0 Å². The summed E-state index contributed by atoms with van der Waals surface area (Å²) in [6, 6.07) is -0.536. The van der Waals surface area contributed by atoms with E-state index in [4.69, 9.17) is 11.5 Å². The molecule has 28 heavy (non-hydrogen) atoms. The van der Waals surface area contributed by atoms with E-state index in [0.29, 0.717) is 20.0 Å². The fourth-order valence-electron chi connectivity index (χ4n) is 4.39. The molecule has 2 fully saturated rings. The number of carboxylic acid groups (broad SMARTS) is 1. The molecule has 0 aromatic carbocycles. The molecule has 0 spiro atoms. The molecule has 9 nitrogen and oxygen atoms in total. The minimum atomic E-state index is -0.926. The van der Waals surface area contributed by atoms with Crippen molar-refractivity contribution in [1.29, 1.82) is 0 Å². The molecular weight excluding hydrogens is 361 g/mol. The standard InChI is InChI=1S/C18H32BN5O4/c20-18(21)24-14-3-1-2-12(9-14)16(25)23-13-6-4-11(5-7-13)8-15(17(26)27)22-10-19-28/h11-15,22H,1-10H2,(H,23,25)(H,26,27)(H4,20,21,24). The fourth-order valence-corrected chi connectivity index (χ4v) is 4.39. The summed E-state index contributed by atoms with van der Waals surface area (Å²) >= 11 is 0. The average Bonchev–Trinajstić information content (AvgIpc) is 2.66. The van der Waals surface area contributed by atoms with Gasteiger partial charge < -0.3 is 11.5 Å². The second-order valence-electron chi connectivity index (χ2n) is 8.00. The van der Waals surface area contributed by atoms with Crippen LogP contribution in [0.2, 0.25) is 0 Å². The molecule has 10 heteroatoms. The van der Waals surface area contributed by atoms with E-state index in [1.807, 2.05) is 0 Å². The number of aliphatic imine (C=N–C) groups is 1. The van der Waals surface area contributed by atoms with Gasteiger partial charge in [0.2, 0.25) is 0 Å². The van der Waals surface area contributed by atoms with Crippen LogP contribution in [0.25, 0.3) is 0 Å². The van der Waals surface area contributed by atoms with E-state index < -0.39 is 12.0 Å². The molecule has 2 aliphatic rings. The Morgan fingerprint density at radius 2 is 1.86 bits per heavy atom. The number of carbonyl (C=O) groups is 2. The van der Waals surface area contributed by atoms with Crippen molar-refractivity contribution in [2.24, 2.45) is 28.3 Å². The Hall–Kier alpha value is -1.97. The van der Waals surface area contributed by atoms with Gasteiger partial charge in [-0.1, -0.05) is 6.42 Å². The first-order valence-corrected chi connectivity index (χ1v) is 10.2. The molecule has 0 heterocycles. The number of amides is 1. The molecule has 0 aromatic rings. The van der Waals surface area contributed by atoms with Gasteiger partial charge in [0.05, 0.1) is 6.04 Å². The van der Waals surface area contributed by atoms with E-state index in [-0.39, 0.29) is 42.2 Å². The Balaban J connectivity index is 1.75. The van der Waals surface area contributed by atoms with Crippen molar-refractivity contribution in [2.75, 3.05) is 6.44 Å². The van der Waals surface area contributed by atoms with Crippen LogP contribution in [0, 0.1) is 11.8 Å². The van der Waals surface area contributed by atoms with E-state index >= 15 is 0 Å². The van der Waals surface area contributed by atoms with E-state index in [1.54, 1.807) is 0 Å². The normalized spacial score (nSPS) is 28.6. The molecule has 2 aliphatic carbocycles. The summed E-state index contributed by atoms with van der Waals surface area (Å²) in [5.41, 5.74) is 10.9. The number of nitrogens with two attached hydrogens (primary N) is 2. The van der Waals surface area contributed by atoms with E-state index in [1.165, 1.54) is 0 Å². The van der Waals surface area contributed by atoms with Gasteiger partial charge >= 0.3 is 124 Å². The maximum absolute atomic E-state index is 12.6. The number of nitrogens with one attached hydrogen (secondary N) is 2. The third-order valence-corrected chi connectivity index (χ3v) is 5.86. The number of nitrogens with zero attached hydrogens (tertiary/aromatic N) is 1. The van der Waals surface area contributed by atoms with Crippen molar-refractivity contribution >= 4 is 25.0 Å². The van der Waals surface area contributed by atoms with Gasteiger partial charge in [0.25, 0.3) is 0 Å². The van der Waals surface area contributed by atoms with Gasteiger partial charge in [0.1, 0.15) is 0 Å². The molecule has 3 unspecified atom stereocenters. The first-order valence-electron chi connectivity index (χ1n) is 10.2. The summed E-state index contributed by atoms with van der Waals surface area (Å²) in [6.07, 6.45) is 7.39. The molecule has 0 aromatic heterocycles. The summed E-state index contributed by atoms with van der Waals surface area (Å²) in [6.45, 7) is 0. The second kappa shape index (κ2) is 11.1. The van der Waals surface area contributed by atoms with Crippen LogP contribution in [0.15, 0.2) is 4.99 Å². The van der Waals surface area contributed by atoms with E-state index in [9.17, 15) is 19.4 Å². The van der Waals surface area contributed by atoms with Crippen molar-refractivity contribution in [1.82, 2.24) is 10.6 Å². The Morgan fingerprint density at radius 3 is 2.46 bits per heavy atom.